The van der Waals surface area contributed by atoms with Crippen LogP contribution in [0, 0.1) is 0 Å². The van der Waals surface area contributed by atoms with Crippen LogP contribution in [-0.2, 0) is 16.3 Å². The molecule has 1 aliphatic rings. The quantitative estimate of drug-likeness (QED) is 0.868. The van der Waals surface area contributed by atoms with E-state index in [1.807, 2.05) is 0 Å². The molecule has 0 spiro atoms. The average molecular weight is 289 g/mol. The maximum atomic E-state index is 11.4. The molecule has 0 aliphatic carbocycles. The molecule has 0 amide bonds. The molecule has 0 N–H and O–H groups in total. The summed E-state index contributed by atoms with van der Waals surface area (Å²) in [7, 11) is -2.77. The molecule has 1 heterocycles. The topological polar surface area (TPSA) is 37.4 Å². The van der Waals surface area contributed by atoms with Crippen molar-refractivity contribution in [2.45, 2.75) is 6.42 Å². The Hall–Kier alpha value is -1.39. The zero-order valence-electron chi connectivity index (χ0n) is 11.5. The van der Waals surface area contributed by atoms with Gasteiger partial charge in [0, 0.05) is 19.6 Å². The number of nitrogens with zero attached hydrogens (tertiary/aromatic N) is 1. The van der Waals surface area contributed by atoms with Crippen molar-refractivity contribution in [3.63, 3.8) is 0 Å². The Kier molecular flexibility index (Phi) is 3.76. The standard InChI is InChI=1S/C16H19NO2S/c18-20(19)12-10-17(11-13-20)9-8-15-6-3-5-14-4-1-2-7-16(14)15/h1-7H,8-13H2. The predicted octanol–water partition coefficient (Wildman–Crippen LogP) is 2.11. The van der Waals surface area contributed by atoms with Gasteiger partial charge in [0.1, 0.15) is 0 Å². The van der Waals surface area contributed by atoms with E-state index in [2.05, 4.69) is 47.4 Å². The number of rotatable bonds is 3. The van der Waals surface area contributed by atoms with Crippen molar-refractivity contribution >= 4 is 20.6 Å². The van der Waals surface area contributed by atoms with E-state index in [4.69, 9.17) is 0 Å². The molecule has 1 fully saturated rings. The van der Waals surface area contributed by atoms with Gasteiger partial charge >= 0.3 is 0 Å². The molecule has 4 heteroatoms. The fourth-order valence-corrected chi connectivity index (χ4v) is 4.04. The first-order valence-corrected chi connectivity index (χ1v) is 8.86. The highest BCUT2D eigenvalue weighted by molar-refractivity contribution is 7.91. The molecule has 0 atom stereocenters. The van der Waals surface area contributed by atoms with Crippen LogP contribution < -0.4 is 0 Å². The lowest BCUT2D eigenvalue weighted by Crippen LogP contribution is -2.41. The molecule has 0 aromatic heterocycles. The molecule has 0 saturated carbocycles. The van der Waals surface area contributed by atoms with E-state index in [1.54, 1.807) is 0 Å². The highest BCUT2D eigenvalue weighted by Crippen LogP contribution is 2.19. The molecule has 3 nitrogen and oxygen atoms in total. The van der Waals surface area contributed by atoms with Gasteiger partial charge in [0.25, 0.3) is 0 Å². The second-order valence-corrected chi connectivity index (χ2v) is 7.69. The third-order valence-electron chi connectivity index (χ3n) is 4.01. The molecular formula is C16H19NO2S. The minimum Gasteiger partial charge on any atom is -0.301 e. The number of benzene rings is 2. The van der Waals surface area contributed by atoms with Crippen molar-refractivity contribution in [1.29, 1.82) is 0 Å². The van der Waals surface area contributed by atoms with Crippen molar-refractivity contribution in [3.05, 3.63) is 48.0 Å². The second-order valence-electron chi connectivity index (χ2n) is 5.38. The molecule has 0 radical (unpaired) electrons. The van der Waals surface area contributed by atoms with Crippen LogP contribution in [0.5, 0.6) is 0 Å². The van der Waals surface area contributed by atoms with E-state index in [-0.39, 0.29) is 0 Å². The van der Waals surface area contributed by atoms with E-state index in [0.29, 0.717) is 24.6 Å². The largest absolute Gasteiger partial charge is 0.301 e. The second kappa shape index (κ2) is 5.54. The van der Waals surface area contributed by atoms with E-state index >= 15 is 0 Å². The van der Waals surface area contributed by atoms with Gasteiger partial charge in [0.05, 0.1) is 11.5 Å². The predicted molar refractivity (Wildman–Crippen MR) is 82.7 cm³/mol. The summed E-state index contributed by atoms with van der Waals surface area (Å²) >= 11 is 0. The van der Waals surface area contributed by atoms with Crippen LogP contribution in [0.4, 0.5) is 0 Å². The third-order valence-corrected chi connectivity index (χ3v) is 5.62. The summed E-state index contributed by atoms with van der Waals surface area (Å²) in [6, 6.07) is 14.8. The Labute approximate surface area is 120 Å². The van der Waals surface area contributed by atoms with Gasteiger partial charge in [0.2, 0.25) is 0 Å². The lowest BCUT2D eigenvalue weighted by atomic mass is 10.0. The van der Waals surface area contributed by atoms with Crippen molar-refractivity contribution < 1.29 is 8.42 Å². The summed E-state index contributed by atoms with van der Waals surface area (Å²) in [5.74, 6) is 0.616. The zero-order chi connectivity index (χ0) is 14.0. The van der Waals surface area contributed by atoms with Crippen molar-refractivity contribution in [3.8, 4) is 0 Å². The minimum atomic E-state index is -2.77. The first kappa shape index (κ1) is 13.6. The van der Waals surface area contributed by atoms with Crippen LogP contribution in [0.15, 0.2) is 42.5 Å². The zero-order valence-corrected chi connectivity index (χ0v) is 12.3. The van der Waals surface area contributed by atoms with Gasteiger partial charge in [-0.15, -0.1) is 0 Å². The average Bonchev–Trinajstić information content (AvgIpc) is 2.46. The van der Waals surface area contributed by atoms with Gasteiger partial charge in [-0.25, -0.2) is 8.42 Å². The molecule has 1 saturated heterocycles. The van der Waals surface area contributed by atoms with Crippen LogP contribution in [0.25, 0.3) is 10.8 Å². The molecule has 1 aliphatic heterocycles. The number of fused-ring (bicyclic) bond motifs is 1. The van der Waals surface area contributed by atoms with Gasteiger partial charge in [-0.3, -0.25) is 0 Å². The molecule has 0 bridgehead atoms. The van der Waals surface area contributed by atoms with Crippen LogP contribution in [0.3, 0.4) is 0 Å². The molecule has 3 rings (SSSR count). The maximum absolute atomic E-state index is 11.4. The lowest BCUT2D eigenvalue weighted by molar-refractivity contribution is 0.300. The highest BCUT2D eigenvalue weighted by Gasteiger charge is 2.21. The summed E-state index contributed by atoms with van der Waals surface area (Å²) < 4.78 is 22.8. The molecular weight excluding hydrogens is 270 g/mol. The first-order valence-electron chi connectivity index (χ1n) is 7.03. The monoisotopic (exact) mass is 289 g/mol. The van der Waals surface area contributed by atoms with Gasteiger partial charge in [-0.2, -0.15) is 0 Å². The molecule has 106 valence electrons. The van der Waals surface area contributed by atoms with Gasteiger partial charge < -0.3 is 4.90 Å². The highest BCUT2D eigenvalue weighted by atomic mass is 32.2. The van der Waals surface area contributed by atoms with Crippen molar-refractivity contribution in [2.75, 3.05) is 31.1 Å². The Morgan fingerprint density at radius 2 is 1.65 bits per heavy atom. The Morgan fingerprint density at radius 3 is 2.45 bits per heavy atom. The summed E-state index contributed by atoms with van der Waals surface area (Å²) in [6.07, 6.45) is 0.974. The smallest absolute Gasteiger partial charge is 0.152 e. The normalized spacial score (nSPS) is 19.2. The van der Waals surface area contributed by atoms with Crippen molar-refractivity contribution in [2.24, 2.45) is 0 Å². The molecule has 2 aromatic rings. The third kappa shape index (κ3) is 3.02. The molecule has 2 aromatic carbocycles. The van der Waals surface area contributed by atoms with Gasteiger partial charge in [-0.05, 0) is 22.8 Å². The Morgan fingerprint density at radius 1 is 0.950 bits per heavy atom. The first-order chi connectivity index (χ1) is 9.64. The maximum Gasteiger partial charge on any atom is 0.152 e. The van der Waals surface area contributed by atoms with Gasteiger partial charge in [0.15, 0.2) is 9.84 Å². The van der Waals surface area contributed by atoms with Crippen LogP contribution in [0.2, 0.25) is 0 Å². The van der Waals surface area contributed by atoms with Crippen LogP contribution in [-0.4, -0.2) is 44.5 Å². The Bertz CT molecular complexity index is 690. The summed E-state index contributed by atoms with van der Waals surface area (Å²) in [6.45, 7) is 2.28. The number of hydrogen-bond acceptors (Lipinski definition) is 3. The van der Waals surface area contributed by atoms with E-state index in [0.717, 1.165) is 13.0 Å². The van der Waals surface area contributed by atoms with Crippen LogP contribution >= 0.6 is 0 Å². The molecule has 20 heavy (non-hydrogen) atoms. The molecule has 0 unspecified atom stereocenters. The number of sulfone groups is 1. The Balaban J connectivity index is 1.69. The lowest BCUT2D eigenvalue weighted by Gasteiger charge is -2.26. The summed E-state index contributed by atoms with van der Waals surface area (Å²) in [5, 5.41) is 2.57. The fourth-order valence-electron chi connectivity index (χ4n) is 2.76. The van der Waals surface area contributed by atoms with Gasteiger partial charge in [-0.1, -0.05) is 42.5 Å². The van der Waals surface area contributed by atoms with Crippen molar-refractivity contribution in [1.82, 2.24) is 4.90 Å². The van der Waals surface area contributed by atoms with E-state index in [1.165, 1.54) is 16.3 Å². The van der Waals surface area contributed by atoms with E-state index in [9.17, 15) is 8.42 Å². The van der Waals surface area contributed by atoms with Crippen LogP contribution in [0.1, 0.15) is 5.56 Å². The minimum absolute atomic E-state index is 0.308. The SMILES string of the molecule is O=S1(=O)CCN(CCc2cccc3ccccc23)CC1. The fraction of sp³-hybridized carbons (Fsp3) is 0.375. The summed E-state index contributed by atoms with van der Waals surface area (Å²) in [5.41, 5.74) is 1.34. The van der Waals surface area contributed by atoms with E-state index < -0.39 is 9.84 Å². The number of hydrogen-bond donors (Lipinski definition) is 0. The summed E-state index contributed by atoms with van der Waals surface area (Å²) in [4.78, 5) is 2.25.